The summed E-state index contributed by atoms with van der Waals surface area (Å²) in [5, 5.41) is 2.46. The molecule has 0 heterocycles. The van der Waals surface area contributed by atoms with Crippen molar-refractivity contribution in [1.29, 1.82) is 0 Å². The Kier molecular flexibility index (Phi) is 8.74. The second-order valence-corrected chi connectivity index (χ2v) is 6.19. The van der Waals surface area contributed by atoms with Crippen LogP contribution in [-0.4, -0.2) is 30.1 Å². The Hall–Kier alpha value is -3.13. The molecule has 0 bridgehead atoms. The lowest BCUT2D eigenvalue weighted by Gasteiger charge is -2.11. The quantitative estimate of drug-likeness (QED) is 0.358. The molecule has 7 nitrogen and oxygen atoms in total. The van der Waals surface area contributed by atoms with Gasteiger partial charge in [-0.15, -0.1) is 0 Å². The van der Waals surface area contributed by atoms with Crippen LogP contribution in [0.4, 0.5) is 0 Å². The minimum atomic E-state index is -0.436. The number of rotatable bonds is 8. The first-order chi connectivity index (χ1) is 13.6. The maximum atomic E-state index is 12.2. The first kappa shape index (κ1) is 21.2. The molecule has 0 radical (unpaired) electrons. The molecule has 148 valence electrons. The molecule has 0 atom stereocenters. The molecule has 0 aliphatic heterocycles. The summed E-state index contributed by atoms with van der Waals surface area (Å²) in [5.74, 6) is 0.452. The molecular weight excluding hydrogens is 378 g/mol. The fourth-order valence-electron chi connectivity index (χ4n) is 2.07. The average Bonchev–Trinajstić information content (AvgIpc) is 2.72. The van der Waals surface area contributed by atoms with E-state index in [0.29, 0.717) is 23.7 Å². The number of ether oxygens (including phenoxy) is 2. The number of hydrogen-bond donors (Lipinski definition) is 3. The Morgan fingerprint density at radius 2 is 1.61 bits per heavy atom. The van der Waals surface area contributed by atoms with Crippen molar-refractivity contribution in [2.75, 3.05) is 13.2 Å². The summed E-state index contributed by atoms with van der Waals surface area (Å²) >= 11 is 5.00. The molecule has 0 aliphatic carbocycles. The lowest BCUT2D eigenvalue weighted by Crippen LogP contribution is -2.49. The Bertz CT molecular complexity index is 782. The third-order valence-electron chi connectivity index (χ3n) is 3.54. The number of unbranched alkanes of at least 4 members (excludes halogenated alkanes) is 1. The maximum Gasteiger partial charge on any atom is 0.276 e. The molecule has 0 aliphatic rings. The molecule has 0 aromatic heterocycles. The average molecular weight is 401 g/mol. The first-order valence-corrected chi connectivity index (χ1v) is 9.30. The summed E-state index contributed by atoms with van der Waals surface area (Å²) in [7, 11) is 0. The van der Waals surface area contributed by atoms with E-state index < -0.39 is 11.8 Å². The van der Waals surface area contributed by atoms with Crippen molar-refractivity contribution in [3.63, 3.8) is 0 Å². The normalized spacial score (nSPS) is 9.89. The molecule has 0 saturated heterocycles. The molecular formula is C20H23N3O4S. The second-order valence-electron chi connectivity index (χ2n) is 5.78. The molecule has 2 rings (SSSR count). The highest BCUT2D eigenvalue weighted by atomic mass is 32.1. The smallest absolute Gasteiger partial charge is 0.276 e. The fraction of sp³-hybridized carbons (Fsp3) is 0.250. The molecule has 2 amide bonds. The Balaban J connectivity index is 1.70. The molecule has 8 heteroatoms. The zero-order valence-corrected chi connectivity index (χ0v) is 16.4. The Morgan fingerprint density at radius 1 is 0.929 bits per heavy atom. The summed E-state index contributed by atoms with van der Waals surface area (Å²) in [6.45, 7) is 2.54. The number of benzene rings is 2. The minimum Gasteiger partial charge on any atom is -0.494 e. The van der Waals surface area contributed by atoms with E-state index in [1.807, 2.05) is 6.07 Å². The predicted octanol–water partition coefficient (Wildman–Crippen LogP) is 2.58. The van der Waals surface area contributed by atoms with E-state index in [1.165, 1.54) is 0 Å². The molecule has 0 saturated carbocycles. The van der Waals surface area contributed by atoms with E-state index in [1.54, 1.807) is 48.5 Å². The van der Waals surface area contributed by atoms with Crippen molar-refractivity contribution in [1.82, 2.24) is 16.2 Å². The highest BCUT2D eigenvalue weighted by Gasteiger charge is 2.09. The molecule has 2 aromatic rings. The zero-order valence-electron chi connectivity index (χ0n) is 15.6. The minimum absolute atomic E-state index is 0.0265. The van der Waals surface area contributed by atoms with Crippen LogP contribution in [0.15, 0.2) is 54.6 Å². The van der Waals surface area contributed by atoms with Gasteiger partial charge in [0.05, 0.1) is 6.61 Å². The zero-order chi connectivity index (χ0) is 20.2. The standard InChI is InChI=1S/C20H23N3O4S/c1-2-3-13-26-17-11-9-15(10-12-17)19(25)21-20(28)23-22-18(24)14-27-16-7-5-4-6-8-16/h4-12H,2-3,13-14H2,1H3,(H,22,24)(H2,21,23,25,28). The Morgan fingerprint density at radius 3 is 2.29 bits per heavy atom. The van der Waals surface area contributed by atoms with Crippen LogP contribution in [0, 0.1) is 0 Å². The van der Waals surface area contributed by atoms with Crippen LogP contribution >= 0.6 is 12.2 Å². The van der Waals surface area contributed by atoms with Gasteiger partial charge in [0.15, 0.2) is 11.7 Å². The molecule has 0 spiro atoms. The highest BCUT2D eigenvalue weighted by Crippen LogP contribution is 2.12. The number of carbonyl (C=O) groups excluding carboxylic acids is 2. The van der Waals surface area contributed by atoms with E-state index in [0.717, 1.165) is 12.8 Å². The van der Waals surface area contributed by atoms with Crippen LogP contribution in [0.3, 0.4) is 0 Å². The highest BCUT2D eigenvalue weighted by molar-refractivity contribution is 7.80. The molecule has 28 heavy (non-hydrogen) atoms. The number of hydrazine groups is 1. The number of nitrogens with one attached hydrogen (secondary N) is 3. The lowest BCUT2D eigenvalue weighted by atomic mass is 10.2. The number of thiocarbonyl (C=S) groups is 1. The van der Waals surface area contributed by atoms with Crippen molar-refractivity contribution < 1.29 is 19.1 Å². The number of amides is 2. The number of hydrogen-bond acceptors (Lipinski definition) is 5. The van der Waals surface area contributed by atoms with E-state index in [9.17, 15) is 9.59 Å². The topological polar surface area (TPSA) is 88.7 Å². The third-order valence-corrected chi connectivity index (χ3v) is 3.74. The molecule has 0 fully saturated rings. The van der Waals surface area contributed by atoms with Crippen LogP contribution in [0.2, 0.25) is 0 Å². The van der Waals surface area contributed by atoms with E-state index >= 15 is 0 Å². The largest absolute Gasteiger partial charge is 0.494 e. The van der Waals surface area contributed by atoms with Crippen molar-refractivity contribution in [2.24, 2.45) is 0 Å². The SMILES string of the molecule is CCCCOc1ccc(C(=O)NC(=S)NNC(=O)COc2ccccc2)cc1. The van der Waals surface area contributed by atoms with Crippen LogP contribution in [0.25, 0.3) is 0 Å². The summed E-state index contributed by atoms with van der Waals surface area (Å²) < 4.78 is 10.9. The van der Waals surface area contributed by atoms with E-state index in [2.05, 4.69) is 23.1 Å². The maximum absolute atomic E-state index is 12.2. The summed E-state index contributed by atoms with van der Waals surface area (Å²) in [5.41, 5.74) is 5.24. The monoisotopic (exact) mass is 401 g/mol. The van der Waals surface area contributed by atoms with Crippen LogP contribution in [-0.2, 0) is 4.79 Å². The van der Waals surface area contributed by atoms with Gasteiger partial charge in [-0.1, -0.05) is 31.5 Å². The van der Waals surface area contributed by atoms with Gasteiger partial charge in [0.25, 0.3) is 11.8 Å². The van der Waals surface area contributed by atoms with Crippen molar-refractivity contribution >= 4 is 29.1 Å². The van der Waals surface area contributed by atoms with Gasteiger partial charge in [0.1, 0.15) is 11.5 Å². The van der Waals surface area contributed by atoms with E-state index in [-0.39, 0.29) is 11.7 Å². The van der Waals surface area contributed by atoms with Crippen molar-refractivity contribution in [3.05, 3.63) is 60.2 Å². The van der Waals surface area contributed by atoms with Gasteiger partial charge >= 0.3 is 0 Å². The number of para-hydroxylation sites is 1. The van der Waals surface area contributed by atoms with E-state index in [4.69, 9.17) is 21.7 Å². The summed E-state index contributed by atoms with van der Waals surface area (Å²) in [6, 6.07) is 15.7. The predicted molar refractivity (Wildman–Crippen MR) is 110 cm³/mol. The first-order valence-electron chi connectivity index (χ1n) is 8.89. The van der Waals surface area contributed by atoms with Gasteiger partial charge in [-0.25, -0.2) is 0 Å². The molecule has 0 unspecified atom stereocenters. The summed E-state index contributed by atoms with van der Waals surface area (Å²) in [6.07, 6.45) is 2.03. The third kappa shape index (κ3) is 7.63. The van der Waals surface area contributed by atoms with Crippen molar-refractivity contribution in [3.8, 4) is 11.5 Å². The lowest BCUT2D eigenvalue weighted by molar-refractivity contribution is -0.123. The molecule has 2 aromatic carbocycles. The van der Waals surface area contributed by atoms with Crippen LogP contribution in [0.5, 0.6) is 11.5 Å². The van der Waals surface area contributed by atoms with Crippen LogP contribution < -0.4 is 25.6 Å². The van der Waals surface area contributed by atoms with Crippen LogP contribution in [0.1, 0.15) is 30.1 Å². The second kappa shape index (κ2) is 11.6. The van der Waals surface area contributed by atoms with Gasteiger partial charge in [-0.3, -0.25) is 25.8 Å². The number of carbonyl (C=O) groups is 2. The molecule has 3 N–H and O–H groups in total. The van der Waals surface area contributed by atoms with Gasteiger partial charge in [0, 0.05) is 5.56 Å². The Labute approximate surface area is 169 Å². The van der Waals surface area contributed by atoms with Gasteiger partial charge in [-0.2, -0.15) is 0 Å². The van der Waals surface area contributed by atoms with Gasteiger partial charge in [-0.05, 0) is 55.0 Å². The van der Waals surface area contributed by atoms with Crippen molar-refractivity contribution in [2.45, 2.75) is 19.8 Å². The van der Waals surface area contributed by atoms with Gasteiger partial charge in [0.2, 0.25) is 0 Å². The van der Waals surface area contributed by atoms with Gasteiger partial charge < -0.3 is 9.47 Å². The fourth-order valence-corrected chi connectivity index (χ4v) is 2.22. The summed E-state index contributed by atoms with van der Waals surface area (Å²) in [4.78, 5) is 23.9.